The fourth-order valence-corrected chi connectivity index (χ4v) is 5.19. The van der Waals surface area contributed by atoms with Crippen LogP contribution in [0.15, 0.2) is 18.2 Å². The fraction of sp³-hybridized carbons (Fsp3) is 0.571. The Morgan fingerprint density at radius 3 is 2.59 bits per heavy atom. The number of benzene rings is 1. The number of nitrogens with one attached hydrogen (secondary N) is 1. The van der Waals surface area contributed by atoms with Crippen LogP contribution in [0.4, 0.5) is 5.69 Å². The van der Waals surface area contributed by atoms with Crippen LogP contribution in [0, 0.1) is 5.41 Å². The van der Waals surface area contributed by atoms with E-state index in [2.05, 4.69) is 16.3 Å². The van der Waals surface area contributed by atoms with Crippen LogP contribution in [0.2, 0.25) is 0 Å². The van der Waals surface area contributed by atoms with Gasteiger partial charge in [0.15, 0.2) is 5.78 Å². The number of fused-ring (bicyclic) bond motifs is 1. The second-order valence-corrected chi connectivity index (χ2v) is 8.62. The van der Waals surface area contributed by atoms with E-state index in [1.807, 2.05) is 12.1 Å². The van der Waals surface area contributed by atoms with Crippen molar-refractivity contribution in [3.05, 3.63) is 29.3 Å². The number of anilines is 1. The van der Waals surface area contributed by atoms with Crippen LogP contribution >= 0.6 is 0 Å². The highest BCUT2D eigenvalue weighted by Crippen LogP contribution is 2.42. The third kappa shape index (κ3) is 2.78. The molecule has 1 aromatic rings. The van der Waals surface area contributed by atoms with Gasteiger partial charge in [-0.2, -0.15) is 0 Å². The van der Waals surface area contributed by atoms with Gasteiger partial charge in [0, 0.05) is 42.7 Å². The quantitative estimate of drug-likeness (QED) is 0.803. The highest BCUT2D eigenvalue weighted by molar-refractivity contribution is 6.07. The van der Waals surface area contributed by atoms with Gasteiger partial charge in [0.2, 0.25) is 0 Å². The topological polar surface area (TPSA) is 69.7 Å². The second kappa shape index (κ2) is 6.16. The van der Waals surface area contributed by atoms with Crippen LogP contribution in [-0.4, -0.2) is 54.6 Å². The lowest BCUT2D eigenvalue weighted by Crippen LogP contribution is -2.60. The molecule has 5 rings (SSSR count). The van der Waals surface area contributed by atoms with Crippen molar-refractivity contribution in [1.82, 2.24) is 10.2 Å². The second-order valence-electron chi connectivity index (χ2n) is 8.62. The Balaban J connectivity index is 1.31. The lowest BCUT2D eigenvalue weighted by molar-refractivity contribution is -0.133. The number of piperidine rings is 1. The number of carbonyl (C=O) groups excluding carboxylic acids is 3. The molecule has 1 amide bonds. The molecule has 0 bridgehead atoms. The minimum absolute atomic E-state index is 0.00711. The van der Waals surface area contributed by atoms with Gasteiger partial charge in [-0.15, -0.1) is 0 Å². The summed E-state index contributed by atoms with van der Waals surface area (Å²) in [7, 11) is 0. The van der Waals surface area contributed by atoms with Crippen molar-refractivity contribution < 1.29 is 14.4 Å². The van der Waals surface area contributed by atoms with Crippen molar-refractivity contribution in [3.8, 4) is 0 Å². The third-order valence-electron chi connectivity index (χ3n) is 6.82. The predicted molar refractivity (Wildman–Crippen MR) is 101 cm³/mol. The van der Waals surface area contributed by atoms with Crippen molar-refractivity contribution in [2.24, 2.45) is 5.41 Å². The summed E-state index contributed by atoms with van der Waals surface area (Å²) in [6.07, 6.45) is 3.31. The van der Waals surface area contributed by atoms with Crippen molar-refractivity contribution in [2.75, 3.05) is 31.1 Å². The summed E-state index contributed by atoms with van der Waals surface area (Å²) in [5.41, 5.74) is 3.36. The number of nitrogens with zero attached hydrogens (tertiary/aromatic N) is 2. The van der Waals surface area contributed by atoms with Gasteiger partial charge in [0.05, 0.1) is 12.5 Å². The van der Waals surface area contributed by atoms with E-state index in [-0.39, 0.29) is 23.9 Å². The Bertz CT molecular complexity index is 820. The van der Waals surface area contributed by atoms with E-state index < -0.39 is 6.04 Å². The molecule has 3 aliphatic heterocycles. The molecule has 0 radical (unpaired) electrons. The van der Waals surface area contributed by atoms with Crippen molar-refractivity contribution in [3.63, 3.8) is 0 Å². The molecule has 1 spiro atoms. The maximum absolute atomic E-state index is 12.8. The Hall–Kier alpha value is -2.21. The largest absolute Gasteiger partial charge is 0.370 e. The first kappa shape index (κ1) is 16.9. The molecular formula is C21H25N3O3. The van der Waals surface area contributed by atoms with Gasteiger partial charge in [-0.25, -0.2) is 0 Å². The highest BCUT2D eigenvalue weighted by Gasteiger charge is 2.44. The standard InChI is InChI=1S/C21H25N3O3/c25-16-2-4-18(19(26)10-16)24-11-14-9-15(1-3-17(14)20(24)27)23-12-21(13-23)5-7-22-8-6-21/h1,3,9,18,22H,2,4-8,10-13H2. The van der Waals surface area contributed by atoms with Gasteiger partial charge >= 0.3 is 0 Å². The predicted octanol–water partition coefficient (Wildman–Crippen LogP) is 1.52. The summed E-state index contributed by atoms with van der Waals surface area (Å²) in [6.45, 7) is 4.89. The molecule has 0 aromatic heterocycles. The number of hydrogen-bond donors (Lipinski definition) is 1. The number of amides is 1. The number of carbonyl (C=O) groups is 3. The van der Waals surface area contributed by atoms with E-state index in [1.54, 1.807) is 4.90 Å². The first-order chi connectivity index (χ1) is 13.0. The molecule has 1 aliphatic carbocycles. The summed E-state index contributed by atoms with van der Waals surface area (Å²) in [6, 6.07) is 5.65. The van der Waals surface area contributed by atoms with Gasteiger partial charge in [0.25, 0.3) is 5.91 Å². The zero-order valence-electron chi connectivity index (χ0n) is 15.5. The van der Waals surface area contributed by atoms with E-state index in [1.165, 1.54) is 18.5 Å². The van der Waals surface area contributed by atoms with Crippen LogP contribution in [0.3, 0.4) is 0 Å². The van der Waals surface area contributed by atoms with E-state index in [0.717, 1.165) is 31.7 Å². The van der Waals surface area contributed by atoms with E-state index in [4.69, 9.17) is 0 Å². The monoisotopic (exact) mass is 367 g/mol. The Morgan fingerprint density at radius 2 is 1.85 bits per heavy atom. The van der Waals surface area contributed by atoms with E-state index in [9.17, 15) is 14.4 Å². The maximum atomic E-state index is 12.8. The SMILES string of the molecule is O=C1CCC(N2Cc3cc(N4CC5(CCNCC5)C4)ccc3C2=O)C(=O)C1. The zero-order valence-corrected chi connectivity index (χ0v) is 15.5. The Labute approximate surface area is 158 Å². The number of hydrogen-bond acceptors (Lipinski definition) is 5. The van der Waals surface area contributed by atoms with Crippen LogP contribution in [0.5, 0.6) is 0 Å². The Kier molecular flexibility index (Phi) is 3.86. The van der Waals surface area contributed by atoms with E-state index in [0.29, 0.717) is 30.4 Å². The van der Waals surface area contributed by atoms with Crippen LogP contribution in [0.1, 0.15) is 48.0 Å². The Morgan fingerprint density at radius 1 is 1.07 bits per heavy atom. The summed E-state index contributed by atoms with van der Waals surface area (Å²) in [4.78, 5) is 40.6. The highest BCUT2D eigenvalue weighted by atomic mass is 16.2. The lowest BCUT2D eigenvalue weighted by atomic mass is 9.72. The molecule has 1 saturated carbocycles. The van der Waals surface area contributed by atoms with Crippen LogP contribution in [0.25, 0.3) is 0 Å². The molecule has 3 heterocycles. The van der Waals surface area contributed by atoms with Crippen molar-refractivity contribution >= 4 is 23.2 Å². The van der Waals surface area contributed by atoms with Gasteiger partial charge in [-0.05, 0) is 56.1 Å². The molecule has 2 saturated heterocycles. The van der Waals surface area contributed by atoms with Crippen molar-refractivity contribution in [2.45, 2.75) is 44.7 Å². The molecule has 4 aliphatic rings. The van der Waals surface area contributed by atoms with Crippen molar-refractivity contribution in [1.29, 1.82) is 0 Å². The fourth-order valence-electron chi connectivity index (χ4n) is 5.19. The van der Waals surface area contributed by atoms with Gasteiger partial charge in [-0.1, -0.05) is 0 Å². The summed E-state index contributed by atoms with van der Waals surface area (Å²) >= 11 is 0. The van der Waals surface area contributed by atoms with Gasteiger partial charge < -0.3 is 15.1 Å². The zero-order chi connectivity index (χ0) is 18.6. The first-order valence-corrected chi connectivity index (χ1v) is 9.99. The van der Waals surface area contributed by atoms with Crippen LogP contribution < -0.4 is 10.2 Å². The molecule has 1 N–H and O–H groups in total. The molecule has 1 unspecified atom stereocenters. The molecular weight excluding hydrogens is 342 g/mol. The summed E-state index contributed by atoms with van der Waals surface area (Å²) in [5, 5.41) is 3.43. The minimum Gasteiger partial charge on any atom is -0.370 e. The summed E-state index contributed by atoms with van der Waals surface area (Å²) < 4.78 is 0. The number of ketones is 2. The number of Topliss-reactive ketones (excluding diaryl/α,β-unsaturated/α-hetero) is 2. The molecule has 142 valence electrons. The molecule has 3 fully saturated rings. The number of rotatable bonds is 2. The van der Waals surface area contributed by atoms with Gasteiger partial charge in [-0.3, -0.25) is 14.4 Å². The maximum Gasteiger partial charge on any atom is 0.255 e. The van der Waals surface area contributed by atoms with Crippen LogP contribution in [-0.2, 0) is 16.1 Å². The lowest BCUT2D eigenvalue weighted by Gasteiger charge is -2.53. The third-order valence-corrected chi connectivity index (χ3v) is 6.82. The van der Waals surface area contributed by atoms with E-state index >= 15 is 0 Å². The molecule has 6 nitrogen and oxygen atoms in total. The molecule has 1 atom stereocenters. The molecule has 6 heteroatoms. The average molecular weight is 367 g/mol. The van der Waals surface area contributed by atoms with Gasteiger partial charge in [0.1, 0.15) is 5.78 Å². The smallest absolute Gasteiger partial charge is 0.255 e. The molecule has 27 heavy (non-hydrogen) atoms. The normalized spacial score (nSPS) is 27.1. The first-order valence-electron chi connectivity index (χ1n) is 9.99. The molecule has 1 aromatic carbocycles. The minimum atomic E-state index is -0.437. The average Bonchev–Trinajstić information content (AvgIpc) is 2.96. The summed E-state index contributed by atoms with van der Waals surface area (Å²) in [5.74, 6) is -0.182.